The van der Waals surface area contributed by atoms with E-state index in [-0.39, 0.29) is 6.03 Å². The highest BCUT2D eigenvalue weighted by Gasteiger charge is 2.35. The van der Waals surface area contributed by atoms with Crippen molar-refractivity contribution in [2.24, 2.45) is 0 Å². The minimum Gasteiger partial charge on any atom is -0.449 e. The third-order valence-electron chi connectivity index (χ3n) is 5.74. The lowest BCUT2D eigenvalue weighted by molar-refractivity contribution is -0.0640. The highest BCUT2D eigenvalue weighted by molar-refractivity contribution is 5.89. The molecule has 0 aliphatic carbocycles. The predicted octanol–water partition coefficient (Wildman–Crippen LogP) is 4.21. The number of ether oxygens (including phenoxy) is 2. The molecule has 7 nitrogen and oxygen atoms in total. The zero-order valence-corrected chi connectivity index (χ0v) is 16.8. The van der Waals surface area contributed by atoms with E-state index in [1.165, 1.54) is 5.69 Å². The van der Waals surface area contributed by atoms with Crippen LogP contribution in [-0.2, 0) is 6.54 Å². The third-order valence-corrected chi connectivity index (χ3v) is 5.74. The molecule has 2 aromatic rings. The van der Waals surface area contributed by atoms with Gasteiger partial charge in [0.05, 0.1) is 0 Å². The van der Waals surface area contributed by atoms with Crippen LogP contribution in [0.3, 0.4) is 0 Å². The van der Waals surface area contributed by atoms with Gasteiger partial charge < -0.3 is 19.7 Å². The fourth-order valence-corrected chi connectivity index (χ4v) is 3.92. The van der Waals surface area contributed by atoms with Crippen molar-refractivity contribution in [3.05, 3.63) is 36.2 Å². The van der Waals surface area contributed by atoms with Crippen LogP contribution in [0.25, 0.3) is 0 Å². The van der Waals surface area contributed by atoms with Crippen molar-refractivity contribution in [3.63, 3.8) is 0 Å². The summed E-state index contributed by atoms with van der Waals surface area (Å²) in [5, 5.41) is 7.36. The second kappa shape index (κ2) is 7.37. The number of fused-ring (bicyclic) bond motifs is 1. The van der Waals surface area contributed by atoms with E-state index in [9.17, 15) is 4.79 Å². The van der Waals surface area contributed by atoms with Crippen molar-refractivity contribution in [2.45, 2.75) is 58.3 Å². The lowest BCUT2D eigenvalue weighted by Crippen LogP contribution is -2.40. The molecule has 1 atom stereocenters. The zero-order valence-electron chi connectivity index (χ0n) is 16.8. The van der Waals surface area contributed by atoms with Gasteiger partial charge in [0.25, 0.3) is 0 Å². The van der Waals surface area contributed by atoms with Gasteiger partial charge in [-0.1, -0.05) is 6.92 Å². The Morgan fingerprint density at radius 3 is 2.68 bits per heavy atom. The van der Waals surface area contributed by atoms with Crippen LogP contribution in [0.1, 0.15) is 51.6 Å². The molecule has 150 valence electrons. The molecule has 1 aromatic carbocycles. The maximum atomic E-state index is 12.7. The molecule has 4 rings (SSSR count). The van der Waals surface area contributed by atoms with Gasteiger partial charge in [0.15, 0.2) is 11.5 Å². The molecule has 1 saturated heterocycles. The van der Waals surface area contributed by atoms with Gasteiger partial charge in [-0.15, -0.1) is 0 Å². The number of aryl methyl sites for hydroxylation is 1. The Kier molecular flexibility index (Phi) is 4.91. The minimum atomic E-state index is -0.627. The van der Waals surface area contributed by atoms with E-state index in [2.05, 4.69) is 28.1 Å². The van der Waals surface area contributed by atoms with E-state index in [4.69, 9.17) is 9.47 Å². The van der Waals surface area contributed by atoms with Gasteiger partial charge in [0.2, 0.25) is 5.79 Å². The normalized spacial score (nSPS) is 21.8. The number of hydrogen-bond donors (Lipinski definition) is 1. The fraction of sp³-hybridized carbons (Fsp3) is 0.524. The topological polar surface area (TPSA) is 68.6 Å². The summed E-state index contributed by atoms with van der Waals surface area (Å²) in [6, 6.07) is 7.57. The number of benzene rings is 1. The molecular weight excluding hydrogens is 356 g/mol. The van der Waals surface area contributed by atoms with Gasteiger partial charge in [-0.05, 0) is 38.0 Å². The Labute approximate surface area is 165 Å². The molecule has 7 heteroatoms. The van der Waals surface area contributed by atoms with Crippen LogP contribution in [0.15, 0.2) is 30.5 Å². The van der Waals surface area contributed by atoms with E-state index < -0.39 is 5.79 Å². The smallest absolute Gasteiger partial charge is 0.321 e. The molecule has 0 saturated carbocycles. The molecule has 0 bridgehead atoms. The average Bonchev–Trinajstić information content (AvgIpc) is 3.31. The Morgan fingerprint density at radius 2 is 1.96 bits per heavy atom. The highest BCUT2D eigenvalue weighted by atomic mass is 16.7. The van der Waals surface area contributed by atoms with E-state index in [1.807, 2.05) is 43.1 Å². The molecular formula is C21H28N4O3. The Morgan fingerprint density at radius 1 is 1.21 bits per heavy atom. The number of anilines is 1. The van der Waals surface area contributed by atoms with Crippen molar-refractivity contribution in [2.75, 3.05) is 18.4 Å². The van der Waals surface area contributed by atoms with Crippen LogP contribution in [0, 0.1) is 0 Å². The van der Waals surface area contributed by atoms with E-state index in [1.54, 1.807) is 0 Å². The first kappa shape index (κ1) is 18.7. The van der Waals surface area contributed by atoms with E-state index >= 15 is 0 Å². The summed E-state index contributed by atoms with van der Waals surface area (Å²) in [5.41, 5.74) is 2.00. The number of carbonyl (C=O) groups is 1. The van der Waals surface area contributed by atoms with Crippen LogP contribution in [0.2, 0.25) is 0 Å². The van der Waals surface area contributed by atoms with Gasteiger partial charge >= 0.3 is 6.03 Å². The number of hydrogen-bond acceptors (Lipinski definition) is 4. The number of nitrogens with one attached hydrogen (secondary N) is 1. The monoisotopic (exact) mass is 384 g/mol. The number of urea groups is 1. The molecule has 0 radical (unpaired) electrons. The summed E-state index contributed by atoms with van der Waals surface area (Å²) in [6.07, 6.45) is 4.51. The fourth-order valence-electron chi connectivity index (χ4n) is 3.92. The number of rotatable bonds is 4. The predicted molar refractivity (Wildman–Crippen MR) is 107 cm³/mol. The summed E-state index contributed by atoms with van der Waals surface area (Å²) in [7, 11) is 0. The second-order valence-electron chi connectivity index (χ2n) is 7.62. The van der Waals surface area contributed by atoms with Crippen LogP contribution >= 0.6 is 0 Å². The number of likely N-dealkylation sites (tertiary alicyclic amines) is 1. The lowest BCUT2D eigenvalue weighted by Gasteiger charge is -2.32. The third kappa shape index (κ3) is 3.53. The van der Waals surface area contributed by atoms with Gasteiger partial charge in [0, 0.05) is 62.5 Å². The lowest BCUT2D eigenvalue weighted by atomic mass is 9.93. The maximum absolute atomic E-state index is 12.7. The van der Waals surface area contributed by atoms with Crippen LogP contribution in [-0.4, -0.2) is 39.6 Å². The SMILES string of the molecule is CCn1nccc1C1CCN(C(=O)Nc2ccc3c(c2)OC(C)(CC)O3)CC1. The quantitative estimate of drug-likeness (QED) is 0.857. The first-order chi connectivity index (χ1) is 13.5. The van der Waals surface area contributed by atoms with E-state index in [0.717, 1.165) is 50.3 Å². The molecule has 3 heterocycles. The first-order valence-corrected chi connectivity index (χ1v) is 10.1. The van der Waals surface area contributed by atoms with Gasteiger partial charge in [0.1, 0.15) is 0 Å². The molecule has 1 aromatic heterocycles. The Balaban J connectivity index is 1.35. The second-order valence-corrected chi connectivity index (χ2v) is 7.62. The Hall–Kier alpha value is -2.70. The van der Waals surface area contributed by atoms with Crippen molar-refractivity contribution in [1.82, 2.24) is 14.7 Å². The van der Waals surface area contributed by atoms with Crippen molar-refractivity contribution >= 4 is 11.7 Å². The summed E-state index contributed by atoms with van der Waals surface area (Å²) in [4.78, 5) is 14.6. The molecule has 28 heavy (non-hydrogen) atoms. The van der Waals surface area contributed by atoms with Crippen molar-refractivity contribution in [1.29, 1.82) is 0 Å². The van der Waals surface area contributed by atoms with Crippen LogP contribution in [0.5, 0.6) is 11.5 Å². The molecule has 1 N–H and O–H groups in total. The number of aromatic nitrogens is 2. The number of carbonyl (C=O) groups excluding carboxylic acids is 1. The number of nitrogens with zero attached hydrogens (tertiary/aromatic N) is 3. The van der Waals surface area contributed by atoms with Gasteiger partial charge in [-0.25, -0.2) is 4.79 Å². The molecule has 2 aliphatic rings. The summed E-state index contributed by atoms with van der Waals surface area (Å²) in [5.74, 6) is 1.23. The molecule has 2 amide bonds. The first-order valence-electron chi connectivity index (χ1n) is 10.1. The summed E-state index contributed by atoms with van der Waals surface area (Å²) in [6.45, 7) is 8.40. The van der Waals surface area contributed by atoms with Crippen molar-refractivity contribution < 1.29 is 14.3 Å². The molecule has 2 aliphatic heterocycles. The average molecular weight is 384 g/mol. The van der Waals surface area contributed by atoms with Gasteiger partial charge in [-0.2, -0.15) is 5.10 Å². The molecule has 0 spiro atoms. The van der Waals surface area contributed by atoms with Crippen LogP contribution in [0.4, 0.5) is 10.5 Å². The largest absolute Gasteiger partial charge is 0.449 e. The molecule has 1 fully saturated rings. The number of amides is 2. The molecule has 1 unspecified atom stereocenters. The standard InChI is InChI=1S/C21H28N4O3/c1-4-21(3)27-18-7-6-16(14-19(18)28-21)23-20(26)24-12-9-15(10-13-24)17-8-11-22-25(17)5-2/h6-8,11,14-15H,4-5,9-10,12-13H2,1-3H3,(H,23,26). The zero-order chi connectivity index (χ0) is 19.7. The van der Waals surface area contributed by atoms with E-state index in [0.29, 0.717) is 11.7 Å². The summed E-state index contributed by atoms with van der Waals surface area (Å²) >= 11 is 0. The summed E-state index contributed by atoms with van der Waals surface area (Å²) < 4.78 is 13.8. The van der Waals surface area contributed by atoms with Crippen molar-refractivity contribution in [3.8, 4) is 11.5 Å². The minimum absolute atomic E-state index is 0.0698. The van der Waals surface area contributed by atoms with Crippen LogP contribution < -0.4 is 14.8 Å². The van der Waals surface area contributed by atoms with Gasteiger partial charge in [-0.3, -0.25) is 4.68 Å². The highest BCUT2D eigenvalue weighted by Crippen LogP contribution is 2.42. The maximum Gasteiger partial charge on any atom is 0.321 e. The number of piperidine rings is 1. The Bertz CT molecular complexity index is 857.